The van der Waals surface area contributed by atoms with Gasteiger partial charge in [-0.2, -0.15) is 9.61 Å². The van der Waals surface area contributed by atoms with Crippen LogP contribution in [0.1, 0.15) is 90.2 Å². The van der Waals surface area contributed by atoms with Crippen molar-refractivity contribution in [2.45, 2.75) is 104 Å². The molecule has 3 aliphatic heterocycles. The van der Waals surface area contributed by atoms with E-state index < -0.39 is 17.7 Å². The number of carbonyl (C=O) groups is 1. The largest absolute Gasteiger partial charge is 0.490 e. The second-order valence-electron chi connectivity index (χ2n) is 14.5. The van der Waals surface area contributed by atoms with E-state index in [1.807, 2.05) is 45.2 Å². The Kier molecular flexibility index (Phi) is 9.55. The van der Waals surface area contributed by atoms with Crippen molar-refractivity contribution in [3.63, 3.8) is 0 Å². The SMILES string of the molecule is CCOC(=O)C(OC(C)(C)C)c1c(C)nc2cc3nn2c1N1CCC(C)(CC1)OCCCC(C)Oc1cc(C)ccc1-c1cccc-3c1. The maximum absolute atomic E-state index is 13.6. The van der Waals surface area contributed by atoms with Gasteiger partial charge >= 0.3 is 5.97 Å². The number of benzene rings is 2. The molecule has 2 atom stereocenters. The topological polar surface area (TPSA) is 87.4 Å². The van der Waals surface area contributed by atoms with Crippen LogP contribution in [0.15, 0.2) is 48.5 Å². The molecule has 9 nitrogen and oxygen atoms in total. The minimum Gasteiger partial charge on any atom is -0.490 e. The van der Waals surface area contributed by atoms with Gasteiger partial charge in [-0.05, 0) is 104 Å². The number of anilines is 1. The first-order valence-corrected chi connectivity index (χ1v) is 17.4. The number of fused-ring (bicyclic) bond motifs is 7. The van der Waals surface area contributed by atoms with E-state index in [-0.39, 0.29) is 18.3 Å². The summed E-state index contributed by atoms with van der Waals surface area (Å²) in [5.41, 5.74) is 6.23. The minimum atomic E-state index is -0.971. The summed E-state index contributed by atoms with van der Waals surface area (Å²) in [6.45, 7) is 18.4. The first-order valence-electron chi connectivity index (χ1n) is 17.4. The third-order valence-electron chi connectivity index (χ3n) is 9.30. The van der Waals surface area contributed by atoms with E-state index in [9.17, 15) is 4.79 Å². The lowest BCUT2D eigenvalue weighted by Crippen LogP contribution is -2.46. The van der Waals surface area contributed by atoms with Crippen LogP contribution in [-0.2, 0) is 19.0 Å². The normalized spacial score (nSPS) is 20.8. The van der Waals surface area contributed by atoms with Crippen LogP contribution in [0.25, 0.3) is 28.0 Å². The molecule has 0 saturated carbocycles. The van der Waals surface area contributed by atoms with Crippen molar-refractivity contribution in [3.05, 3.63) is 65.4 Å². The van der Waals surface area contributed by atoms with E-state index in [2.05, 4.69) is 68.1 Å². The van der Waals surface area contributed by atoms with Gasteiger partial charge in [0, 0.05) is 42.6 Å². The van der Waals surface area contributed by atoms with Gasteiger partial charge in [0.15, 0.2) is 11.8 Å². The van der Waals surface area contributed by atoms with Gasteiger partial charge in [-0.1, -0.05) is 30.3 Å². The van der Waals surface area contributed by atoms with Crippen molar-refractivity contribution in [1.29, 1.82) is 0 Å². The summed E-state index contributed by atoms with van der Waals surface area (Å²) >= 11 is 0. The lowest BCUT2D eigenvalue weighted by Gasteiger charge is -2.41. The summed E-state index contributed by atoms with van der Waals surface area (Å²) in [6, 6.07) is 16.8. The number of ether oxygens (including phenoxy) is 4. The Morgan fingerprint density at radius 1 is 1.08 bits per heavy atom. The average molecular weight is 655 g/mol. The first kappa shape index (κ1) is 33.9. The lowest BCUT2D eigenvalue weighted by atomic mass is 9.92. The van der Waals surface area contributed by atoms with Gasteiger partial charge < -0.3 is 23.8 Å². The molecule has 9 heteroatoms. The summed E-state index contributed by atoms with van der Waals surface area (Å²) in [5, 5.41) is 5.19. The summed E-state index contributed by atoms with van der Waals surface area (Å²) in [4.78, 5) is 20.9. The fraction of sp³-hybridized carbons (Fsp3) is 0.513. The summed E-state index contributed by atoms with van der Waals surface area (Å²) in [5.74, 6) is 1.25. The zero-order chi connectivity index (χ0) is 34.2. The zero-order valence-electron chi connectivity index (χ0n) is 29.8. The van der Waals surface area contributed by atoms with Gasteiger partial charge in [0.1, 0.15) is 11.6 Å². The standard InChI is InChI=1S/C39H50N4O5/c1-9-45-37(44)35(48-38(5,6)7)34-27(4)40-33-24-31-29-14-10-13-28(23-29)30-16-15-25(2)22-32(30)47-26(3)12-11-21-46-39(8)17-19-42(20-18-39)36(34)43(33)41-31/h10,13-16,22-24,26,35H,9,11-12,17-21H2,1-8H3. The Morgan fingerprint density at radius 3 is 2.56 bits per heavy atom. The number of aromatic nitrogens is 3. The molecule has 7 rings (SSSR count). The van der Waals surface area contributed by atoms with Crippen LogP contribution in [0, 0.1) is 13.8 Å². The van der Waals surface area contributed by atoms with E-state index >= 15 is 0 Å². The van der Waals surface area contributed by atoms with E-state index in [1.165, 1.54) is 0 Å². The van der Waals surface area contributed by atoms with Crippen molar-refractivity contribution < 1.29 is 23.7 Å². The highest BCUT2D eigenvalue weighted by atomic mass is 16.6. The average Bonchev–Trinajstić information content (AvgIpc) is 3.45. The van der Waals surface area contributed by atoms with Crippen LogP contribution in [0.3, 0.4) is 0 Å². The molecule has 1 saturated heterocycles. The lowest BCUT2D eigenvalue weighted by molar-refractivity contribution is -0.166. The molecule has 0 aliphatic carbocycles. The number of hydrogen-bond donors (Lipinski definition) is 0. The molecule has 4 aromatic rings. The third kappa shape index (κ3) is 7.22. The van der Waals surface area contributed by atoms with E-state index in [4.69, 9.17) is 29.0 Å². The zero-order valence-corrected chi connectivity index (χ0v) is 29.8. The molecule has 6 bridgehead atoms. The number of aryl methyl sites for hydroxylation is 2. The molecule has 48 heavy (non-hydrogen) atoms. The van der Waals surface area contributed by atoms with Gasteiger partial charge in [0.2, 0.25) is 0 Å². The second-order valence-corrected chi connectivity index (χ2v) is 14.5. The Bertz CT molecular complexity index is 1780. The third-order valence-corrected chi connectivity index (χ3v) is 9.30. The molecule has 256 valence electrons. The van der Waals surface area contributed by atoms with E-state index in [0.717, 1.165) is 78.3 Å². The Hall–Kier alpha value is -3.95. The predicted molar refractivity (Wildman–Crippen MR) is 189 cm³/mol. The van der Waals surface area contributed by atoms with E-state index in [0.29, 0.717) is 23.5 Å². The number of nitrogens with zero attached hydrogens (tertiary/aromatic N) is 4. The maximum Gasteiger partial charge on any atom is 0.340 e. The van der Waals surface area contributed by atoms with Crippen LogP contribution in [0.2, 0.25) is 0 Å². The van der Waals surface area contributed by atoms with Crippen LogP contribution in [0.4, 0.5) is 5.82 Å². The number of piperidine rings is 1. The number of hydrogen-bond acceptors (Lipinski definition) is 8. The van der Waals surface area contributed by atoms with Crippen LogP contribution in [-0.4, -0.2) is 64.2 Å². The Balaban J connectivity index is 1.55. The highest BCUT2D eigenvalue weighted by molar-refractivity contribution is 5.81. The summed E-state index contributed by atoms with van der Waals surface area (Å²) in [7, 11) is 0. The van der Waals surface area contributed by atoms with Crippen molar-refractivity contribution in [1.82, 2.24) is 14.6 Å². The first-order chi connectivity index (χ1) is 22.8. The smallest absolute Gasteiger partial charge is 0.340 e. The number of carbonyl (C=O) groups excluding carboxylic acids is 1. The molecule has 2 aromatic carbocycles. The highest BCUT2D eigenvalue weighted by Crippen LogP contribution is 2.40. The second kappa shape index (κ2) is 13.5. The molecular formula is C39H50N4O5. The maximum atomic E-state index is 13.6. The summed E-state index contributed by atoms with van der Waals surface area (Å²) in [6.07, 6.45) is 2.53. The van der Waals surface area contributed by atoms with E-state index in [1.54, 1.807) is 0 Å². The highest BCUT2D eigenvalue weighted by Gasteiger charge is 2.38. The number of esters is 1. The monoisotopic (exact) mass is 654 g/mol. The van der Waals surface area contributed by atoms with Crippen molar-refractivity contribution in [2.24, 2.45) is 0 Å². The van der Waals surface area contributed by atoms with Crippen molar-refractivity contribution in [2.75, 3.05) is 31.2 Å². The molecule has 0 amide bonds. The molecule has 1 fully saturated rings. The summed E-state index contributed by atoms with van der Waals surface area (Å²) < 4.78 is 27.1. The molecule has 2 aromatic heterocycles. The van der Waals surface area contributed by atoms with Gasteiger partial charge in [-0.15, -0.1) is 0 Å². The molecule has 0 spiro atoms. The fourth-order valence-corrected chi connectivity index (χ4v) is 6.78. The minimum absolute atomic E-state index is 0.0417. The molecule has 2 unspecified atom stereocenters. The van der Waals surface area contributed by atoms with Gasteiger partial charge in [0.25, 0.3) is 0 Å². The molecule has 3 aliphatic rings. The molecular weight excluding hydrogens is 604 g/mol. The Labute approximate surface area is 284 Å². The van der Waals surface area contributed by atoms with Crippen molar-refractivity contribution >= 4 is 17.4 Å². The fourth-order valence-electron chi connectivity index (χ4n) is 6.78. The Morgan fingerprint density at radius 2 is 1.83 bits per heavy atom. The van der Waals surface area contributed by atoms with Gasteiger partial charge in [-0.25, -0.2) is 9.78 Å². The predicted octanol–water partition coefficient (Wildman–Crippen LogP) is 8.04. The molecule has 0 N–H and O–H groups in total. The van der Waals surface area contributed by atoms with Crippen molar-refractivity contribution in [3.8, 4) is 28.1 Å². The van der Waals surface area contributed by atoms with Crippen LogP contribution in [0.5, 0.6) is 5.75 Å². The van der Waals surface area contributed by atoms with Gasteiger partial charge in [-0.3, -0.25) is 0 Å². The quantitative estimate of drug-likeness (QED) is 0.205. The van der Waals surface area contributed by atoms with Crippen LogP contribution < -0.4 is 9.64 Å². The number of rotatable bonds is 4. The van der Waals surface area contributed by atoms with Gasteiger partial charge in [0.05, 0.1) is 35.2 Å². The molecule has 5 heterocycles. The van der Waals surface area contributed by atoms with Crippen LogP contribution >= 0.6 is 0 Å². The molecule has 0 radical (unpaired) electrons.